The third-order valence-electron chi connectivity index (χ3n) is 4.84. The summed E-state index contributed by atoms with van der Waals surface area (Å²) in [7, 11) is 1.61. The number of amides is 2. The summed E-state index contributed by atoms with van der Waals surface area (Å²) in [6, 6.07) is 7.52. The number of nitrogens with one attached hydrogen (secondary N) is 1. The normalized spacial score (nSPS) is 14.6. The predicted octanol–water partition coefficient (Wildman–Crippen LogP) is 3.61. The zero-order valence-electron chi connectivity index (χ0n) is 16.3. The van der Waals surface area contributed by atoms with Gasteiger partial charge in [-0.15, -0.1) is 10.2 Å². The summed E-state index contributed by atoms with van der Waals surface area (Å²) in [4.78, 5) is 25.8. The molecule has 0 spiro atoms. The molecule has 1 N–H and O–H groups in total. The fraction of sp³-hybridized carbons (Fsp3) is 0.500. The van der Waals surface area contributed by atoms with Gasteiger partial charge in [-0.1, -0.05) is 48.7 Å². The summed E-state index contributed by atoms with van der Waals surface area (Å²) in [5, 5.41) is 11.4. The van der Waals surface area contributed by atoms with E-state index < -0.39 is 0 Å². The molecule has 0 atom stereocenters. The number of likely N-dealkylation sites (N-methyl/N-ethyl adjacent to an activating group) is 1. The molecule has 3 rings (SSSR count). The van der Waals surface area contributed by atoms with E-state index in [0.717, 1.165) is 18.4 Å². The first kappa shape index (κ1) is 20.4. The molecule has 28 heavy (non-hydrogen) atoms. The maximum Gasteiger partial charge on any atom is 0.277 e. The van der Waals surface area contributed by atoms with E-state index in [1.54, 1.807) is 7.05 Å². The largest absolute Gasteiger partial charge is 0.416 e. The number of benzene rings is 1. The second-order valence-electron chi connectivity index (χ2n) is 7.19. The summed E-state index contributed by atoms with van der Waals surface area (Å²) in [6.45, 7) is 1.97. The number of anilines is 1. The fourth-order valence-corrected chi connectivity index (χ4v) is 3.88. The van der Waals surface area contributed by atoms with Crippen LogP contribution in [0, 0.1) is 6.92 Å². The minimum absolute atomic E-state index is 0.00950. The minimum atomic E-state index is -0.234. The van der Waals surface area contributed by atoms with Gasteiger partial charge in [0.2, 0.25) is 17.7 Å². The van der Waals surface area contributed by atoms with Gasteiger partial charge in [0, 0.05) is 18.7 Å². The van der Waals surface area contributed by atoms with Gasteiger partial charge in [0.1, 0.15) is 0 Å². The molecule has 1 aliphatic rings. The van der Waals surface area contributed by atoms with E-state index in [-0.39, 0.29) is 24.1 Å². The molecule has 2 aromatic rings. The van der Waals surface area contributed by atoms with Crippen molar-refractivity contribution in [2.45, 2.75) is 50.2 Å². The number of aryl methyl sites for hydroxylation is 1. The molecule has 2 amide bonds. The van der Waals surface area contributed by atoms with Crippen LogP contribution in [0.2, 0.25) is 0 Å². The topological polar surface area (TPSA) is 88.3 Å². The lowest BCUT2D eigenvalue weighted by molar-refractivity contribution is -0.131. The van der Waals surface area contributed by atoms with E-state index in [1.807, 2.05) is 31.2 Å². The number of hydrogen-bond acceptors (Lipinski definition) is 6. The molecule has 1 aliphatic carbocycles. The van der Waals surface area contributed by atoms with Gasteiger partial charge >= 0.3 is 0 Å². The zero-order chi connectivity index (χ0) is 19.9. The van der Waals surface area contributed by atoms with E-state index in [1.165, 1.54) is 35.9 Å². The van der Waals surface area contributed by atoms with Crippen LogP contribution in [-0.4, -0.2) is 46.3 Å². The van der Waals surface area contributed by atoms with Crippen LogP contribution in [-0.2, 0) is 9.59 Å². The molecule has 150 valence electrons. The molecule has 8 heteroatoms. The second-order valence-corrected chi connectivity index (χ2v) is 8.12. The van der Waals surface area contributed by atoms with Crippen LogP contribution in [0.4, 0.5) is 5.69 Å². The molecule has 1 saturated carbocycles. The number of hydrogen-bond donors (Lipinski definition) is 1. The Balaban J connectivity index is 1.43. The molecule has 0 unspecified atom stereocenters. The van der Waals surface area contributed by atoms with Crippen molar-refractivity contribution < 1.29 is 14.0 Å². The molecule has 1 fully saturated rings. The fourth-order valence-electron chi connectivity index (χ4n) is 3.17. The first-order valence-electron chi connectivity index (χ1n) is 9.58. The van der Waals surface area contributed by atoms with Crippen molar-refractivity contribution in [3.05, 3.63) is 35.7 Å². The zero-order valence-corrected chi connectivity index (χ0v) is 17.1. The van der Waals surface area contributed by atoms with E-state index in [0.29, 0.717) is 22.7 Å². The Kier molecular flexibility index (Phi) is 7.08. The molecule has 7 nitrogen and oxygen atoms in total. The molecular weight excluding hydrogens is 376 g/mol. The van der Waals surface area contributed by atoms with Crippen molar-refractivity contribution in [3.63, 3.8) is 0 Å². The number of rotatable bonds is 7. The van der Waals surface area contributed by atoms with E-state index in [2.05, 4.69) is 15.5 Å². The van der Waals surface area contributed by atoms with Crippen LogP contribution in [0.15, 0.2) is 33.9 Å². The maximum atomic E-state index is 12.3. The van der Waals surface area contributed by atoms with Crippen molar-refractivity contribution in [2.24, 2.45) is 0 Å². The average Bonchev–Trinajstić information content (AvgIpc) is 3.17. The monoisotopic (exact) mass is 402 g/mol. The summed E-state index contributed by atoms with van der Waals surface area (Å²) in [5.41, 5.74) is 1.84. The Hall–Kier alpha value is -2.35. The summed E-state index contributed by atoms with van der Waals surface area (Å²) in [6.07, 6.45) is 5.84. The summed E-state index contributed by atoms with van der Waals surface area (Å²) >= 11 is 1.21. The second kappa shape index (κ2) is 9.73. The standard InChI is InChI=1S/C20H26N4O3S/c1-14-8-10-16(11-9-14)21-17(25)12-24(2)18(26)13-28-20-23-22-19(27-20)15-6-4-3-5-7-15/h8-11,15H,3-7,12-13H2,1-2H3,(H,21,25). The van der Waals surface area contributed by atoms with Crippen molar-refractivity contribution in [1.29, 1.82) is 0 Å². The van der Waals surface area contributed by atoms with Gasteiger partial charge in [0.25, 0.3) is 5.22 Å². The van der Waals surface area contributed by atoms with E-state index in [4.69, 9.17) is 4.42 Å². The van der Waals surface area contributed by atoms with Crippen LogP contribution in [0.5, 0.6) is 0 Å². The van der Waals surface area contributed by atoms with Gasteiger partial charge in [-0.2, -0.15) is 0 Å². The molecule has 0 aliphatic heterocycles. The highest BCUT2D eigenvalue weighted by atomic mass is 32.2. The molecule has 1 heterocycles. The number of nitrogens with zero attached hydrogens (tertiary/aromatic N) is 3. The van der Waals surface area contributed by atoms with Crippen molar-refractivity contribution >= 4 is 29.3 Å². The predicted molar refractivity (Wildman–Crippen MR) is 108 cm³/mol. The maximum absolute atomic E-state index is 12.3. The van der Waals surface area contributed by atoms with Gasteiger partial charge in [-0.3, -0.25) is 9.59 Å². The average molecular weight is 403 g/mol. The first-order chi connectivity index (χ1) is 13.5. The summed E-state index contributed by atoms with van der Waals surface area (Å²) < 4.78 is 5.71. The lowest BCUT2D eigenvalue weighted by atomic mass is 9.89. The number of aromatic nitrogens is 2. The number of carbonyl (C=O) groups is 2. The molecular formula is C20H26N4O3S. The van der Waals surface area contributed by atoms with Gasteiger partial charge in [0.15, 0.2) is 0 Å². The highest BCUT2D eigenvalue weighted by Gasteiger charge is 2.22. The Morgan fingerprint density at radius 2 is 1.89 bits per heavy atom. The van der Waals surface area contributed by atoms with Crippen LogP contribution in [0.1, 0.15) is 49.5 Å². The SMILES string of the molecule is Cc1ccc(NC(=O)CN(C)C(=O)CSc2nnc(C3CCCCC3)o2)cc1. The van der Waals surface area contributed by atoms with Gasteiger partial charge in [-0.25, -0.2) is 0 Å². The quantitative estimate of drug-likeness (QED) is 0.712. The van der Waals surface area contributed by atoms with Gasteiger partial charge < -0.3 is 14.6 Å². The molecule has 1 aromatic carbocycles. The Labute approximate surface area is 169 Å². The Bertz CT molecular complexity index is 800. The van der Waals surface area contributed by atoms with Crippen molar-refractivity contribution in [3.8, 4) is 0 Å². The van der Waals surface area contributed by atoms with Crippen LogP contribution >= 0.6 is 11.8 Å². The lowest BCUT2D eigenvalue weighted by Crippen LogP contribution is -2.35. The van der Waals surface area contributed by atoms with Crippen LogP contribution in [0.3, 0.4) is 0 Å². The van der Waals surface area contributed by atoms with Crippen molar-refractivity contribution in [2.75, 3.05) is 24.7 Å². The van der Waals surface area contributed by atoms with Gasteiger partial charge in [0.05, 0.1) is 12.3 Å². The molecule has 0 radical (unpaired) electrons. The molecule has 0 saturated heterocycles. The van der Waals surface area contributed by atoms with Crippen LogP contribution < -0.4 is 5.32 Å². The third kappa shape index (κ3) is 5.82. The summed E-state index contributed by atoms with van der Waals surface area (Å²) in [5.74, 6) is 0.782. The Morgan fingerprint density at radius 3 is 2.61 bits per heavy atom. The third-order valence-corrected chi connectivity index (χ3v) is 5.64. The number of carbonyl (C=O) groups excluding carboxylic acids is 2. The highest BCUT2D eigenvalue weighted by molar-refractivity contribution is 7.99. The van der Waals surface area contributed by atoms with Crippen LogP contribution in [0.25, 0.3) is 0 Å². The van der Waals surface area contributed by atoms with E-state index in [9.17, 15) is 9.59 Å². The lowest BCUT2D eigenvalue weighted by Gasteiger charge is -2.17. The van der Waals surface area contributed by atoms with Gasteiger partial charge in [-0.05, 0) is 31.9 Å². The molecule has 1 aromatic heterocycles. The van der Waals surface area contributed by atoms with Crippen molar-refractivity contribution in [1.82, 2.24) is 15.1 Å². The number of thioether (sulfide) groups is 1. The minimum Gasteiger partial charge on any atom is -0.416 e. The smallest absolute Gasteiger partial charge is 0.277 e. The molecule has 0 bridgehead atoms. The van der Waals surface area contributed by atoms with E-state index >= 15 is 0 Å². The Morgan fingerprint density at radius 1 is 1.18 bits per heavy atom. The first-order valence-corrected chi connectivity index (χ1v) is 10.6. The highest BCUT2D eigenvalue weighted by Crippen LogP contribution is 2.32.